The molecule has 0 spiro atoms. The second kappa shape index (κ2) is 67.5. The first-order valence-corrected chi connectivity index (χ1v) is 37.4. The number of quaternary nitrogens is 1. The Morgan fingerprint density at radius 3 is 0.966 bits per heavy atom. The van der Waals surface area contributed by atoms with Crippen LogP contribution in [0.3, 0.4) is 0 Å². The molecule has 0 bridgehead atoms. The summed E-state index contributed by atoms with van der Waals surface area (Å²) in [4.78, 5) is 35.9. The van der Waals surface area contributed by atoms with Crippen molar-refractivity contribution in [3.05, 3.63) is 134 Å². The summed E-state index contributed by atoms with van der Waals surface area (Å²) in [6.07, 6.45) is 98.3. The molecular weight excluding hydrogens is 1110 g/mol. The Labute approximate surface area is 542 Å². The number of esters is 2. The Morgan fingerprint density at radius 1 is 0.364 bits per heavy atom. The van der Waals surface area contributed by atoms with Crippen LogP contribution in [0.25, 0.3) is 0 Å². The van der Waals surface area contributed by atoms with Gasteiger partial charge in [-0.2, -0.15) is 0 Å². The first-order valence-electron chi connectivity index (χ1n) is 35.9. The Bertz CT molecular complexity index is 1950. The van der Waals surface area contributed by atoms with E-state index in [9.17, 15) is 19.0 Å². The maximum Gasteiger partial charge on any atom is 0.472 e. The fraction of sp³-hybridized carbons (Fsp3) is 0.692. The highest BCUT2D eigenvalue weighted by atomic mass is 31.2. The summed E-state index contributed by atoms with van der Waals surface area (Å²) in [5.41, 5.74) is 0. The number of rotatable bonds is 65. The molecule has 0 saturated carbocycles. The van der Waals surface area contributed by atoms with Crippen molar-refractivity contribution in [3.8, 4) is 0 Å². The minimum absolute atomic E-state index is 0.0259. The number of unbranched alkanes of at least 4 members (excludes halogenated alkanes) is 29. The normalized spacial score (nSPS) is 13.9. The minimum atomic E-state index is -4.40. The lowest BCUT2D eigenvalue weighted by Gasteiger charge is -2.24. The molecule has 0 aliphatic carbocycles. The van der Waals surface area contributed by atoms with Gasteiger partial charge in [-0.25, -0.2) is 4.57 Å². The molecule has 88 heavy (non-hydrogen) atoms. The molecule has 0 aromatic carbocycles. The smallest absolute Gasteiger partial charge is 0.462 e. The van der Waals surface area contributed by atoms with E-state index in [4.69, 9.17) is 18.5 Å². The molecule has 0 radical (unpaired) electrons. The number of likely N-dealkylation sites (N-methyl/N-ethyl adjacent to an activating group) is 1. The van der Waals surface area contributed by atoms with Gasteiger partial charge in [0.2, 0.25) is 0 Å². The highest BCUT2D eigenvalue weighted by molar-refractivity contribution is 7.47. The van der Waals surface area contributed by atoms with Crippen molar-refractivity contribution in [1.82, 2.24) is 0 Å². The number of allylic oxidation sites excluding steroid dienone is 22. The zero-order valence-electron chi connectivity index (χ0n) is 57.4. The molecule has 0 rings (SSSR count). The highest BCUT2D eigenvalue weighted by Crippen LogP contribution is 2.43. The minimum Gasteiger partial charge on any atom is -0.462 e. The number of carbonyl (C=O) groups is 2. The Balaban J connectivity index is 4.08. The molecule has 0 amide bonds. The molecule has 0 aromatic rings. The van der Waals surface area contributed by atoms with Crippen molar-refractivity contribution >= 4 is 19.8 Å². The topological polar surface area (TPSA) is 108 Å². The Hall–Kier alpha value is -3.85. The zero-order chi connectivity index (χ0) is 64.1. The summed E-state index contributed by atoms with van der Waals surface area (Å²) in [5, 5.41) is 0. The monoisotopic (exact) mass is 1240 g/mol. The number of phosphoric ester groups is 1. The van der Waals surface area contributed by atoms with E-state index in [2.05, 4.69) is 148 Å². The average Bonchev–Trinajstić information content (AvgIpc) is 3.68. The standard InChI is InChI=1S/C78H134NO8P/c1-6-8-10-12-14-16-18-20-22-24-26-28-30-32-34-35-36-37-38-39-40-41-42-43-45-47-49-51-53-55-57-59-61-63-65-67-69-71-78(81)87-76(75-86-88(82,83)85-73-72-79(3,4)5)74-84-77(80)70-68-66-64-62-60-58-56-54-52-50-48-46-44-33-31-29-27-25-23-21-19-17-15-13-11-9-7-2/h8,10,14,16,19-22,25-28,31-34,36-37,39-40,42-43,76H,6-7,9,11-13,15,17-18,23-24,29-30,35,38,41,44-75H2,1-5H3/p+1/b10-8-,16-14-,21-19-,22-20-,27-25-,28-26-,33-31-,34-32-,37-36-,40-39-,43-42-. The van der Waals surface area contributed by atoms with Crippen LogP contribution in [0.1, 0.15) is 296 Å². The van der Waals surface area contributed by atoms with Gasteiger partial charge in [0.25, 0.3) is 0 Å². The molecule has 0 fully saturated rings. The van der Waals surface area contributed by atoms with Crippen LogP contribution in [0.4, 0.5) is 0 Å². The van der Waals surface area contributed by atoms with Crippen molar-refractivity contribution < 1.29 is 42.1 Å². The van der Waals surface area contributed by atoms with Crippen molar-refractivity contribution in [3.63, 3.8) is 0 Å². The van der Waals surface area contributed by atoms with E-state index in [1.165, 1.54) is 161 Å². The van der Waals surface area contributed by atoms with Crippen LogP contribution in [0.5, 0.6) is 0 Å². The van der Waals surface area contributed by atoms with Gasteiger partial charge in [0.1, 0.15) is 19.8 Å². The number of phosphoric acid groups is 1. The fourth-order valence-electron chi connectivity index (χ4n) is 9.69. The van der Waals surface area contributed by atoms with Gasteiger partial charge in [-0.3, -0.25) is 18.6 Å². The molecule has 10 heteroatoms. The second-order valence-corrected chi connectivity index (χ2v) is 26.3. The molecule has 9 nitrogen and oxygen atoms in total. The Morgan fingerprint density at radius 2 is 0.648 bits per heavy atom. The highest BCUT2D eigenvalue weighted by Gasteiger charge is 2.27. The number of nitrogens with zero attached hydrogens (tertiary/aromatic N) is 1. The van der Waals surface area contributed by atoms with Crippen LogP contribution in [0.15, 0.2) is 134 Å². The second-order valence-electron chi connectivity index (χ2n) is 24.9. The van der Waals surface area contributed by atoms with Crippen LogP contribution in [0, 0.1) is 0 Å². The van der Waals surface area contributed by atoms with Crippen LogP contribution < -0.4 is 0 Å². The molecule has 2 atom stereocenters. The fourth-order valence-corrected chi connectivity index (χ4v) is 10.4. The molecule has 504 valence electrons. The van der Waals surface area contributed by atoms with E-state index in [1.54, 1.807) is 0 Å². The van der Waals surface area contributed by atoms with E-state index >= 15 is 0 Å². The van der Waals surface area contributed by atoms with E-state index in [0.29, 0.717) is 17.4 Å². The summed E-state index contributed by atoms with van der Waals surface area (Å²) in [5.74, 6) is -0.801. The van der Waals surface area contributed by atoms with Gasteiger partial charge in [-0.05, 0) is 116 Å². The van der Waals surface area contributed by atoms with Crippen LogP contribution in [-0.2, 0) is 32.7 Å². The number of carbonyl (C=O) groups excluding carboxylic acids is 2. The molecular formula is C78H135NO8P+. The van der Waals surface area contributed by atoms with Crippen molar-refractivity contribution in [2.24, 2.45) is 0 Å². The molecule has 0 aliphatic heterocycles. The lowest BCUT2D eigenvalue weighted by atomic mass is 10.0. The van der Waals surface area contributed by atoms with Gasteiger partial charge in [-0.1, -0.05) is 302 Å². The predicted octanol–water partition coefficient (Wildman–Crippen LogP) is 23.6. The lowest BCUT2D eigenvalue weighted by molar-refractivity contribution is -0.870. The summed E-state index contributed by atoms with van der Waals surface area (Å²) in [6, 6.07) is 0. The maximum atomic E-state index is 12.9. The van der Waals surface area contributed by atoms with E-state index in [-0.39, 0.29) is 32.0 Å². The summed E-state index contributed by atoms with van der Waals surface area (Å²) in [6.45, 7) is 4.32. The Kier molecular flexibility index (Phi) is 64.6. The van der Waals surface area contributed by atoms with Crippen LogP contribution >= 0.6 is 7.82 Å². The molecule has 1 N–H and O–H groups in total. The largest absolute Gasteiger partial charge is 0.472 e. The molecule has 0 aromatic heterocycles. The van der Waals surface area contributed by atoms with Gasteiger partial charge >= 0.3 is 19.8 Å². The predicted molar refractivity (Wildman–Crippen MR) is 381 cm³/mol. The lowest BCUT2D eigenvalue weighted by Crippen LogP contribution is -2.37. The van der Waals surface area contributed by atoms with Gasteiger partial charge in [0, 0.05) is 12.8 Å². The van der Waals surface area contributed by atoms with Crippen LogP contribution in [-0.4, -0.2) is 74.9 Å². The van der Waals surface area contributed by atoms with Crippen LogP contribution in [0.2, 0.25) is 0 Å². The van der Waals surface area contributed by atoms with Gasteiger partial charge in [0.05, 0.1) is 27.7 Å². The van der Waals surface area contributed by atoms with Crippen molar-refractivity contribution in [1.29, 1.82) is 0 Å². The third-order valence-corrected chi connectivity index (χ3v) is 16.1. The number of hydrogen-bond acceptors (Lipinski definition) is 7. The van der Waals surface area contributed by atoms with Crippen molar-refractivity contribution in [2.75, 3.05) is 47.5 Å². The molecule has 0 saturated heterocycles. The molecule has 0 heterocycles. The first kappa shape index (κ1) is 84.2. The maximum absolute atomic E-state index is 12.9. The zero-order valence-corrected chi connectivity index (χ0v) is 58.3. The van der Waals surface area contributed by atoms with Crippen molar-refractivity contribution in [2.45, 2.75) is 302 Å². The number of ether oxygens (including phenoxy) is 2. The summed E-state index contributed by atoms with van der Waals surface area (Å²) >= 11 is 0. The average molecular weight is 1250 g/mol. The molecule has 0 aliphatic rings. The number of hydrogen-bond donors (Lipinski definition) is 1. The van der Waals surface area contributed by atoms with E-state index < -0.39 is 26.5 Å². The summed E-state index contributed by atoms with van der Waals surface area (Å²) in [7, 11) is 1.47. The first-order chi connectivity index (χ1) is 43.0. The van der Waals surface area contributed by atoms with E-state index in [1.807, 2.05) is 21.1 Å². The SMILES string of the molecule is CC/C=C\C/C=C\C/C=C\C/C=C\C/C=C\C/C=C\C/C=C\C/C=C\CCCCCCCCCCCCCCC(=O)OC(COC(=O)CCCCCCCCCCCCCC/C=C\C/C=C\C/C=C\CCCCCCC)COP(=O)(O)OCC[N+](C)(C)C. The quantitative estimate of drug-likeness (QED) is 0.0211. The molecule has 2 unspecified atom stereocenters. The third kappa shape index (κ3) is 71.2. The van der Waals surface area contributed by atoms with E-state index in [0.717, 1.165) is 103 Å². The summed E-state index contributed by atoms with van der Waals surface area (Å²) < 4.78 is 34.7. The third-order valence-electron chi connectivity index (χ3n) is 15.2. The van der Waals surface area contributed by atoms with Gasteiger partial charge in [-0.15, -0.1) is 0 Å². The van der Waals surface area contributed by atoms with Gasteiger partial charge < -0.3 is 18.9 Å². The van der Waals surface area contributed by atoms with Gasteiger partial charge in [0.15, 0.2) is 6.10 Å².